The van der Waals surface area contributed by atoms with E-state index in [2.05, 4.69) is 55.0 Å². The third-order valence-electron chi connectivity index (χ3n) is 5.26. The number of likely N-dealkylation sites (tertiary alicyclic amines) is 1. The lowest BCUT2D eigenvalue weighted by atomic mass is 9.92. The van der Waals surface area contributed by atoms with Gasteiger partial charge in [0, 0.05) is 31.1 Å². The first-order chi connectivity index (χ1) is 12.3. The standard InChI is InChI=1S/C22H31N3O/c1-14-6-7-21-19(9-14)10-20(18(5)24-21)22(26)23-17(4)13-25-11-15(2)8-16(3)12-25/h6-7,9-10,15-17H,8,11-13H2,1-5H3,(H,23,26). The van der Waals surface area contributed by atoms with Crippen molar-refractivity contribution in [2.45, 2.75) is 47.1 Å². The van der Waals surface area contributed by atoms with Crippen molar-refractivity contribution in [2.24, 2.45) is 11.8 Å². The summed E-state index contributed by atoms with van der Waals surface area (Å²) in [4.78, 5) is 19.9. The molecule has 26 heavy (non-hydrogen) atoms. The van der Waals surface area contributed by atoms with E-state index < -0.39 is 0 Å². The van der Waals surface area contributed by atoms with Gasteiger partial charge in [-0.1, -0.05) is 25.5 Å². The molecule has 0 spiro atoms. The van der Waals surface area contributed by atoms with Crippen LogP contribution in [0.15, 0.2) is 24.3 Å². The first kappa shape index (κ1) is 18.8. The van der Waals surface area contributed by atoms with Crippen LogP contribution in [0, 0.1) is 25.7 Å². The summed E-state index contributed by atoms with van der Waals surface area (Å²) < 4.78 is 0. The summed E-state index contributed by atoms with van der Waals surface area (Å²) in [5.41, 5.74) is 3.58. The maximum atomic E-state index is 12.8. The van der Waals surface area contributed by atoms with Gasteiger partial charge in [-0.05, 0) is 57.2 Å². The highest BCUT2D eigenvalue weighted by molar-refractivity contribution is 5.98. The molecule has 4 nitrogen and oxygen atoms in total. The lowest BCUT2D eigenvalue weighted by molar-refractivity contribution is 0.0904. The summed E-state index contributed by atoms with van der Waals surface area (Å²) >= 11 is 0. The Hall–Kier alpha value is -1.94. The van der Waals surface area contributed by atoms with Gasteiger partial charge in [-0.15, -0.1) is 0 Å². The molecular formula is C22H31N3O. The van der Waals surface area contributed by atoms with Crippen LogP contribution >= 0.6 is 0 Å². The third kappa shape index (κ3) is 4.42. The fourth-order valence-corrected chi connectivity index (χ4v) is 4.30. The van der Waals surface area contributed by atoms with Gasteiger partial charge in [-0.25, -0.2) is 0 Å². The minimum Gasteiger partial charge on any atom is -0.348 e. The number of benzene rings is 1. The fraction of sp³-hybridized carbons (Fsp3) is 0.545. The molecule has 140 valence electrons. The minimum absolute atomic E-state index is 0.0241. The molecule has 1 fully saturated rings. The smallest absolute Gasteiger partial charge is 0.253 e. The van der Waals surface area contributed by atoms with Crippen molar-refractivity contribution in [1.82, 2.24) is 15.2 Å². The summed E-state index contributed by atoms with van der Waals surface area (Å²) in [5.74, 6) is 1.44. The van der Waals surface area contributed by atoms with Crippen molar-refractivity contribution in [3.05, 3.63) is 41.1 Å². The summed E-state index contributed by atoms with van der Waals surface area (Å²) in [6.45, 7) is 13.8. The number of rotatable bonds is 4. The van der Waals surface area contributed by atoms with E-state index in [1.54, 1.807) is 0 Å². The SMILES string of the molecule is Cc1ccc2nc(C)c(C(=O)NC(C)CN3CC(C)CC(C)C3)cc2c1. The van der Waals surface area contributed by atoms with Crippen LogP contribution in [-0.4, -0.2) is 41.5 Å². The number of nitrogens with zero attached hydrogens (tertiary/aromatic N) is 2. The van der Waals surface area contributed by atoms with Crippen LogP contribution < -0.4 is 5.32 Å². The van der Waals surface area contributed by atoms with Crippen LogP contribution in [0.2, 0.25) is 0 Å². The summed E-state index contributed by atoms with van der Waals surface area (Å²) in [7, 11) is 0. The molecule has 1 aromatic heterocycles. The quantitative estimate of drug-likeness (QED) is 0.905. The van der Waals surface area contributed by atoms with Crippen molar-refractivity contribution < 1.29 is 4.79 Å². The zero-order valence-corrected chi connectivity index (χ0v) is 16.7. The lowest BCUT2D eigenvalue weighted by Crippen LogP contribution is -2.47. The molecule has 2 heterocycles. The molecule has 2 aromatic rings. The molecule has 3 atom stereocenters. The van der Waals surface area contributed by atoms with Crippen molar-refractivity contribution >= 4 is 16.8 Å². The topological polar surface area (TPSA) is 45.2 Å². The molecule has 0 saturated carbocycles. The predicted octanol–water partition coefficient (Wildman–Crippen LogP) is 3.95. The highest BCUT2D eigenvalue weighted by Gasteiger charge is 2.23. The Morgan fingerprint density at radius 2 is 1.92 bits per heavy atom. The number of carbonyl (C=O) groups excluding carboxylic acids is 1. The number of hydrogen-bond donors (Lipinski definition) is 1. The van der Waals surface area contributed by atoms with E-state index in [1.807, 2.05) is 19.1 Å². The van der Waals surface area contributed by atoms with E-state index in [-0.39, 0.29) is 11.9 Å². The first-order valence-electron chi connectivity index (χ1n) is 9.73. The number of nitrogens with one attached hydrogen (secondary N) is 1. The second-order valence-electron chi connectivity index (χ2n) is 8.36. The lowest BCUT2D eigenvalue weighted by Gasteiger charge is -2.36. The van der Waals surface area contributed by atoms with Crippen LogP contribution in [-0.2, 0) is 0 Å². The summed E-state index contributed by atoms with van der Waals surface area (Å²) in [5, 5.41) is 4.19. The average Bonchev–Trinajstić information content (AvgIpc) is 2.53. The molecule has 3 unspecified atom stereocenters. The summed E-state index contributed by atoms with van der Waals surface area (Å²) in [6.07, 6.45) is 1.30. The molecule has 1 N–H and O–H groups in total. The molecule has 0 aliphatic carbocycles. The average molecular weight is 354 g/mol. The summed E-state index contributed by atoms with van der Waals surface area (Å²) in [6, 6.07) is 8.24. The molecule has 1 aliphatic rings. The Labute approximate surface area is 157 Å². The van der Waals surface area contributed by atoms with Gasteiger partial charge in [0.1, 0.15) is 0 Å². The van der Waals surface area contributed by atoms with Crippen molar-refractivity contribution in [2.75, 3.05) is 19.6 Å². The molecule has 3 rings (SSSR count). The monoisotopic (exact) mass is 353 g/mol. The van der Waals surface area contributed by atoms with Gasteiger partial charge in [0.15, 0.2) is 0 Å². The number of amides is 1. The molecule has 4 heteroatoms. The Kier molecular flexibility index (Phi) is 5.61. The van der Waals surface area contributed by atoms with Gasteiger partial charge in [-0.2, -0.15) is 0 Å². The number of carbonyl (C=O) groups is 1. The van der Waals surface area contributed by atoms with Gasteiger partial charge >= 0.3 is 0 Å². The second-order valence-corrected chi connectivity index (χ2v) is 8.36. The van der Waals surface area contributed by atoms with Crippen LogP contribution in [0.4, 0.5) is 0 Å². The van der Waals surface area contributed by atoms with E-state index in [4.69, 9.17) is 0 Å². The van der Waals surface area contributed by atoms with Crippen LogP contribution in [0.3, 0.4) is 0 Å². The Bertz CT molecular complexity index is 791. The second kappa shape index (κ2) is 7.75. The van der Waals surface area contributed by atoms with E-state index >= 15 is 0 Å². The molecule has 0 bridgehead atoms. The van der Waals surface area contributed by atoms with E-state index in [1.165, 1.54) is 12.0 Å². The fourth-order valence-electron chi connectivity index (χ4n) is 4.30. The maximum absolute atomic E-state index is 12.8. The van der Waals surface area contributed by atoms with Crippen molar-refractivity contribution in [3.63, 3.8) is 0 Å². The van der Waals surface area contributed by atoms with E-state index in [0.29, 0.717) is 5.56 Å². The predicted molar refractivity (Wildman–Crippen MR) is 108 cm³/mol. The molecule has 1 aliphatic heterocycles. The van der Waals surface area contributed by atoms with Gasteiger partial charge in [-0.3, -0.25) is 9.78 Å². The van der Waals surface area contributed by atoms with E-state index in [9.17, 15) is 4.79 Å². The van der Waals surface area contributed by atoms with Gasteiger partial charge in [0.05, 0.1) is 16.8 Å². The van der Waals surface area contributed by atoms with Crippen LogP contribution in [0.1, 0.15) is 48.8 Å². The Morgan fingerprint density at radius 1 is 1.23 bits per heavy atom. The Morgan fingerprint density at radius 3 is 2.62 bits per heavy atom. The number of aryl methyl sites for hydroxylation is 2. The molecule has 0 radical (unpaired) electrons. The Balaban J connectivity index is 1.69. The van der Waals surface area contributed by atoms with Gasteiger partial charge in [0.2, 0.25) is 0 Å². The molecule has 1 aromatic carbocycles. The third-order valence-corrected chi connectivity index (χ3v) is 5.26. The number of fused-ring (bicyclic) bond motifs is 1. The molecule has 1 amide bonds. The van der Waals surface area contributed by atoms with Crippen molar-refractivity contribution in [3.8, 4) is 0 Å². The van der Waals surface area contributed by atoms with Crippen LogP contribution in [0.5, 0.6) is 0 Å². The van der Waals surface area contributed by atoms with Gasteiger partial charge in [0.25, 0.3) is 5.91 Å². The van der Waals surface area contributed by atoms with Crippen LogP contribution in [0.25, 0.3) is 10.9 Å². The number of piperidine rings is 1. The molecule has 1 saturated heterocycles. The highest BCUT2D eigenvalue weighted by Crippen LogP contribution is 2.21. The number of hydrogen-bond acceptors (Lipinski definition) is 3. The normalized spacial score (nSPS) is 22.3. The zero-order valence-electron chi connectivity index (χ0n) is 16.7. The first-order valence-corrected chi connectivity index (χ1v) is 9.73. The number of aromatic nitrogens is 1. The highest BCUT2D eigenvalue weighted by atomic mass is 16.1. The van der Waals surface area contributed by atoms with E-state index in [0.717, 1.165) is 48.1 Å². The zero-order chi connectivity index (χ0) is 18.8. The molecular weight excluding hydrogens is 322 g/mol. The van der Waals surface area contributed by atoms with Gasteiger partial charge < -0.3 is 10.2 Å². The number of pyridine rings is 1. The van der Waals surface area contributed by atoms with Crippen molar-refractivity contribution in [1.29, 1.82) is 0 Å². The minimum atomic E-state index is -0.0241. The largest absolute Gasteiger partial charge is 0.348 e. The maximum Gasteiger partial charge on any atom is 0.253 e.